The maximum atomic E-state index is 6.28. The molecule has 0 fully saturated rings. The number of benzene rings is 2. The fraction of sp³-hybridized carbons (Fsp3) is 0.125. The summed E-state index contributed by atoms with van der Waals surface area (Å²) in [5.74, 6) is 0. The van der Waals surface area contributed by atoms with Crippen molar-refractivity contribution in [3.05, 3.63) is 59.4 Å². The summed E-state index contributed by atoms with van der Waals surface area (Å²) >= 11 is 7.86. The second-order valence-corrected chi connectivity index (χ2v) is 6.24. The molecule has 2 N–H and O–H groups in total. The van der Waals surface area contributed by atoms with Crippen LogP contribution in [0, 0.1) is 0 Å². The van der Waals surface area contributed by atoms with Crippen LogP contribution in [0.4, 0.5) is 0 Å². The third-order valence-corrected chi connectivity index (χ3v) is 4.52. The van der Waals surface area contributed by atoms with Gasteiger partial charge < -0.3 is 5.73 Å². The number of hydrogen-bond acceptors (Lipinski definition) is 4. The molecule has 0 amide bonds. The van der Waals surface area contributed by atoms with Gasteiger partial charge in [-0.3, -0.25) is 0 Å². The number of aromatic nitrogens is 2. The molecule has 0 radical (unpaired) electrons. The zero-order chi connectivity index (χ0) is 14.8. The maximum absolute atomic E-state index is 6.28. The van der Waals surface area contributed by atoms with Crippen LogP contribution in [-0.2, 0) is 0 Å². The van der Waals surface area contributed by atoms with Crippen molar-refractivity contribution in [2.75, 3.05) is 0 Å². The number of fused-ring (bicyclic) bond motifs is 1. The number of rotatable bonds is 3. The molecule has 3 nitrogen and oxygen atoms in total. The van der Waals surface area contributed by atoms with Crippen LogP contribution in [0.3, 0.4) is 0 Å². The predicted octanol–water partition coefficient (Wildman–Crippen LogP) is 4.45. The van der Waals surface area contributed by atoms with Crippen molar-refractivity contribution in [1.29, 1.82) is 0 Å². The lowest BCUT2D eigenvalue weighted by Gasteiger charge is -2.10. The number of halogens is 1. The first-order valence-corrected chi connectivity index (χ1v) is 7.77. The Bertz CT molecular complexity index is 784. The van der Waals surface area contributed by atoms with Crippen molar-refractivity contribution in [3.8, 4) is 0 Å². The van der Waals surface area contributed by atoms with Gasteiger partial charge in [-0.2, -0.15) is 0 Å². The maximum Gasteiger partial charge on any atom is 0.117 e. The molecule has 0 spiro atoms. The Labute approximate surface area is 132 Å². The molecule has 0 aliphatic heterocycles. The van der Waals surface area contributed by atoms with E-state index in [4.69, 9.17) is 17.3 Å². The first-order chi connectivity index (χ1) is 10.1. The monoisotopic (exact) mass is 315 g/mol. The summed E-state index contributed by atoms with van der Waals surface area (Å²) in [6.45, 7) is 1.92. The highest BCUT2D eigenvalue weighted by molar-refractivity contribution is 7.99. The quantitative estimate of drug-likeness (QED) is 0.725. The number of hydrogen-bond donors (Lipinski definition) is 1. The molecule has 0 bridgehead atoms. The van der Waals surface area contributed by atoms with Crippen LogP contribution in [0.1, 0.15) is 18.5 Å². The minimum atomic E-state index is -0.0727. The SMILES string of the molecule is CC(N)c1ccc(Sc2ncnc3ccccc23)cc1Cl. The average Bonchev–Trinajstić information content (AvgIpc) is 2.47. The molecule has 5 heteroatoms. The summed E-state index contributed by atoms with van der Waals surface area (Å²) in [4.78, 5) is 9.68. The largest absolute Gasteiger partial charge is 0.324 e. The smallest absolute Gasteiger partial charge is 0.117 e. The highest BCUT2D eigenvalue weighted by atomic mass is 35.5. The molecule has 2 aromatic carbocycles. The molecule has 1 aromatic heterocycles. The van der Waals surface area contributed by atoms with E-state index in [-0.39, 0.29) is 6.04 Å². The van der Waals surface area contributed by atoms with Gasteiger partial charge in [0.2, 0.25) is 0 Å². The summed E-state index contributed by atoms with van der Waals surface area (Å²) in [6.07, 6.45) is 1.59. The van der Waals surface area contributed by atoms with E-state index in [0.29, 0.717) is 5.02 Å². The van der Waals surface area contributed by atoms with Gasteiger partial charge in [0.1, 0.15) is 11.4 Å². The van der Waals surface area contributed by atoms with Crippen LogP contribution in [0.2, 0.25) is 5.02 Å². The second-order valence-electron chi connectivity index (χ2n) is 4.77. The van der Waals surface area contributed by atoms with E-state index in [0.717, 1.165) is 26.4 Å². The van der Waals surface area contributed by atoms with Crippen LogP contribution in [0.25, 0.3) is 10.9 Å². The van der Waals surface area contributed by atoms with E-state index in [1.165, 1.54) is 0 Å². The molecule has 21 heavy (non-hydrogen) atoms. The van der Waals surface area contributed by atoms with Gasteiger partial charge in [0.05, 0.1) is 5.52 Å². The third-order valence-electron chi connectivity index (χ3n) is 3.18. The summed E-state index contributed by atoms with van der Waals surface area (Å²) < 4.78 is 0. The summed E-state index contributed by atoms with van der Waals surface area (Å²) in [7, 11) is 0. The molecular formula is C16H14ClN3S. The van der Waals surface area contributed by atoms with Crippen LogP contribution >= 0.6 is 23.4 Å². The van der Waals surface area contributed by atoms with Crippen molar-refractivity contribution in [2.45, 2.75) is 22.9 Å². The summed E-state index contributed by atoms with van der Waals surface area (Å²) in [5, 5.41) is 2.65. The van der Waals surface area contributed by atoms with Gasteiger partial charge in [-0.1, -0.05) is 47.6 Å². The van der Waals surface area contributed by atoms with Crippen LogP contribution in [-0.4, -0.2) is 9.97 Å². The molecule has 1 heterocycles. The van der Waals surface area contributed by atoms with Gasteiger partial charge >= 0.3 is 0 Å². The van der Waals surface area contributed by atoms with Crippen molar-refractivity contribution in [2.24, 2.45) is 5.73 Å². The minimum absolute atomic E-state index is 0.0727. The second kappa shape index (κ2) is 6.02. The molecule has 0 saturated heterocycles. The topological polar surface area (TPSA) is 51.8 Å². The van der Waals surface area contributed by atoms with Crippen LogP contribution < -0.4 is 5.73 Å². The summed E-state index contributed by atoms with van der Waals surface area (Å²) in [5.41, 5.74) is 7.77. The highest BCUT2D eigenvalue weighted by Gasteiger charge is 2.09. The molecule has 0 aliphatic rings. The number of nitrogens with two attached hydrogens (primary N) is 1. The van der Waals surface area contributed by atoms with Crippen LogP contribution in [0.5, 0.6) is 0 Å². The third kappa shape index (κ3) is 3.02. The van der Waals surface area contributed by atoms with Crippen LogP contribution in [0.15, 0.2) is 58.7 Å². The molecule has 0 aliphatic carbocycles. The normalized spacial score (nSPS) is 12.5. The Balaban J connectivity index is 1.97. The molecular weight excluding hydrogens is 302 g/mol. The lowest BCUT2D eigenvalue weighted by Crippen LogP contribution is -2.05. The first-order valence-electron chi connectivity index (χ1n) is 6.58. The molecule has 3 rings (SSSR count). The predicted molar refractivity (Wildman–Crippen MR) is 87.7 cm³/mol. The van der Waals surface area contributed by atoms with Crippen molar-refractivity contribution in [3.63, 3.8) is 0 Å². The highest BCUT2D eigenvalue weighted by Crippen LogP contribution is 2.34. The Morgan fingerprint density at radius 2 is 1.95 bits per heavy atom. The standard InChI is InChI=1S/C16H14ClN3S/c1-10(18)12-7-6-11(8-14(12)17)21-16-13-4-2-3-5-15(13)19-9-20-16/h2-10H,18H2,1H3. The summed E-state index contributed by atoms with van der Waals surface area (Å²) in [6, 6.07) is 13.8. The molecule has 1 unspecified atom stereocenters. The fourth-order valence-electron chi connectivity index (χ4n) is 2.11. The zero-order valence-electron chi connectivity index (χ0n) is 11.5. The molecule has 3 aromatic rings. The van der Waals surface area contributed by atoms with Gasteiger partial charge in [0.25, 0.3) is 0 Å². The molecule has 1 atom stereocenters. The van der Waals surface area contributed by atoms with Gasteiger partial charge in [-0.25, -0.2) is 9.97 Å². The number of nitrogens with zero attached hydrogens (tertiary/aromatic N) is 2. The van der Waals surface area contributed by atoms with Crippen molar-refractivity contribution in [1.82, 2.24) is 9.97 Å². The first kappa shape index (κ1) is 14.3. The van der Waals surface area contributed by atoms with Gasteiger partial charge in [0.15, 0.2) is 0 Å². The average molecular weight is 316 g/mol. The van der Waals surface area contributed by atoms with E-state index in [2.05, 4.69) is 9.97 Å². The minimum Gasteiger partial charge on any atom is -0.324 e. The van der Waals surface area contributed by atoms with E-state index in [1.807, 2.05) is 49.4 Å². The molecule has 106 valence electrons. The van der Waals surface area contributed by atoms with E-state index >= 15 is 0 Å². The lowest BCUT2D eigenvalue weighted by molar-refractivity contribution is 0.817. The van der Waals surface area contributed by atoms with Gasteiger partial charge in [-0.05, 0) is 30.7 Å². The number of para-hydroxylation sites is 1. The van der Waals surface area contributed by atoms with Crippen molar-refractivity contribution < 1.29 is 0 Å². The van der Waals surface area contributed by atoms with E-state index in [9.17, 15) is 0 Å². The van der Waals surface area contributed by atoms with E-state index < -0.39 is 0 Å². The Morgan fingerprint density at radius 1 is 1.14 bits per heavy atom. The zero-order valence-corrected chi connectivity index (χ0v) is 13.0. The Hall–Kier alpha value is -1.62. The van der Waals surface area contributed by atoms with Gasteiger partial charge in [-0.15, -0.1) is 0 Å². The fourth-order valence-corrected chi connectivity index (χ4v) is 3.45. The van der Waals surface area contributed by atoms with Gasteiger partial charge in [0, 0.05) is 21.3 Å². The Kier molecular flexibility index (Phi) is 4.10. The van der Waals surface area contributed by atoms with E-state index in [1.54, 1.807) is 18.1 Å². The Morgan fingerprint density at radius 3 is 2.71 bits per heavy atom. The lowest BCUT2D eigenvalue weighted by atomic mass is 10.1. The molecule has 0 saturated carbocycles. The van der Waals surface area contributed by atoms with Crippen molar-refractivity contribution >= 4 is 34.3 Å².